The number of para-hydroxylation sites is 1. The fourth-order valence-corrected chi connectivity index (χ4v) is 3.59. The zero-order chi connectivity index (χ0) is 21.0. The predicted octanol–water partition coefficient (Wildman–Crippen LogP) is 5.30. The molecular weight excluding hydrogens is 392 g/mol. The number of rotatable bonds is 5. The highest BCUT2D eigenvalue weighted by Gasteiger charge is 2.28. The van der Waals surface area contributed by atoms with E-state index in [0.29, 0.717) is 23.6 Å². The highest BCUT2D eigenvalue weighted by molar-refractivity contribution is 7.18. The third-order valence-electron chi connectivity index (χ3n) is 3.99. The summed E-state index contributed by atoms with van der Waals surface area (Å²) in [4.78, 5) is 29.9. The van der Waals surface area contributed by atoms with Crippen LogP contribution < -0.4 is 9.64 Å². The molecule has 3 rings (SSSR count). The lowest BCUT2D eigenvalue weighted by atomic mass is 10.2. The zero-order valence-corrected chi connectivity index (χ0v) is 17.5. The summed E-state index contributed by atoms with van der Waals surface area (Å²) in [5.74, 6) is 0.604. The normalized spacial score (nSPS) is 10.8. The van der Waals surface area contributed by atoms with Gasteiger partial charge in [0.2, 0.25) is 0 Å². The molecule has 0 aliphatic rings. The van der Waals surface area contributed by atoms with Gasteiger partial charge in [-0.25, -0.2) is 14.6 Å². The topological polar surface area (TPSA) is 78.0 Å². The smallest absolute Gasteiger partial charge is 0.424 e. The summed E-state index contributed by atoms with van der Waals surface area (Å²) < 4.78 is 16.8. The second-order valence-electron chi connectivity index (χ2n) is 6.55. The van der Waals surface area contributed by atoms with E-state index in [9.17, 15) is 9.59 Å². The molecular formula is C21H22N2O5S. The van der Waals surface area contributed by atoms with Gasteiger partial charge in [0.05, 0.1) is 29.1 Å². The van der Waals surface area contributed by atoms with E-state index >= 15 is 0 Å². The summed E-state index contributed by atoms with van der Waals surface area (Å²) in [6, 6.07) is 13.0. The van der Waals surface area contributed by atoms with Crippen molar-refractivity contribution in [3.63, 3.8) is 0 Å². The number of carbonyl (C=O) groups excluding carboxylic acids is 2. The largest absolute Gasteiger partial charge is 0.486 e. The number of ether oxygens (including phenoxy) is 3. The number of aromatic nitrogens is 1. The standard InChI is InChI=1S/C21H22N2O5S/c1-13(2)28-21(25)23(20(24)26-4)17-10-9-15(11-14(17)3)27-12-19-22-16-7-5-6-8-18(16)29-19/h5-11,13H,12H2,1-4H3. The van der Waals surface area contributed by atoms with Crippen LogP contribution in [0, 0.1) is 6.92 Å². The third-order valence-corrected chi connectivity index (χ3v) is 5.00. The molecule has 7 nitrogen and oxygen atoms in total. The maximum Gasteiger partial charge on any atom is 0.424 e. The molecule has 0 N–H and O–H groups in total. The molecule has 3 aromatic rings. The number of benzene rings is 2. The quantitative estimate of drug-likeness (QED) is 0.564. The molecule has 152 valence electrons. The van der Waals surface area contributed by atoms with Crippen molar-refractivity contribution < 1.29 is 23.8 Å². The summed E-state index contributed by atoms with van der Waals surface area (Å²) in [6.07, 6.45) is -1.98. The predicted molar refractivity (Wildman–Crippen MR) is 112 cm³/mol. The van der Waals surface area contributed by atoms with Gasteiger partial charge in [0.1, 0.15) is 17.4 Å². The van der Waals surface area contributed by atoms with Crippen LogP contribution in [0.1, 0.15) is 24.4 Å². The van der Waals surface area contributed by atoms with Crippen molar-refractivity contribution in [2.24, 2.45) is 0 Å². The Hall–Kier alpha value is -3.13. The number of hydrogen-bond acceptors (Lipinski definition) is 7. The molecule has 0 radical (unpaired) electrons. The maximum absolute atomic E-state index is 12.4. The van der Waals surface area contributed by atoms with E-state index in [1.54, 1.807) is 50.3 Å². The molecule has 1 heterocycles. The average molecular weight is 414 g/mol. The van der Waals surface area contributed by atoms with Gasteiger partial charge in [0, 0.05) is 0 Å². The summed E-state index contributed by atoms with van der Waals surface area (Å²) in [6.45, 7) is 5.52. The first kappa shape index (κ1) is 20.6. The van der Waals surface area contributed by atoms with Gasteiger partial charge >= 0.3 is 12.2 Å². The number of aryl methyl sites for hydroxylation is 1. The van der Waals surface area contributed by atoms with Crippen molar-refractivity contribution in [3.8, 4) is 5.75 Å². The molecule has 0 unspecified atom stereocenters. The Morgan fingerprint density at radius 3 is 2.55 bits per heavy atom. The molecule has 1 aromatic heterocycles. The number of amides is 2. The molecule has 0 saturated heterocycles. The summed E-state index contributed by atoms with van der Waals surface area (Å²) in [5.41, 5.74) is 1.98. The Balaban J connectivity index is 1.77. The lowest BCUT2D eigenvalue weighted by molar-refractivity contribution is 0.118. The second-order valence-corrected chi connectivity index (χ2v) is 7.67. The summed E-state index contributed by atoms with van der Waals surface area (Å²) in [5, 5.41) is 0.865. The van der Waals surface area contributed by atoms with Gasteiger partial charge in [0.25, 0.3) is 0 Å². The monoisotopic (exact) mass is 414 g/mol. The van der Waals surface area contributed by atoms with Crippen LogP contribution in [-0.2, 0) is 16.1 Å². The number of anilines is 1. The number of hydrogen-bond donors (Lipinski definition) is 0. The highest BCUT2D eigenvalue weighted by Crippen LogP contribution is 2.28. The number of carbonyl (C=O) groups is 2. The van der Waals surface area contributed by atoms with Crippen LogP contribution in [0.15, 0.2) is 42.5 Å². The van der Waals surface area contributed by atoms with Crippen LogP contribution in [0.3, 0.4) is 0 Å². The van der Waals surface area contributed by atoms with Crippen molar-refractivity contribution in [2.75, 3.05) is 12.0 Å². The van der Waals surface area contributed by atoms with E-state index in [1.165, 1.54) is 7.11 Å². The van der Waals surface area contributed by atoms with Crippen molar-refractivity contribution >= 4 is 39.4 Å². The molecule has 2 amide bonds. The number of nitrogens with zero attached hydrogens (tertiary/aromatic N) is 2. The summed E-state index contributed by atoms with van der Waals surface area (Å²) >= 11 is 1.58. The fraction of sp³-hybridized carbons (Fsp3) is 0.286. The van der Waals surface area contributed by atoms with Gasteiger partial charge < -0.3 is 14.2 Å². The van der Waals surface area contributed by atoms with E-state index in [4.69, 9.17) is 14.2 Å². The van der Waals surface area contributed by atoms with Gasteiger partial charge in [-0.15, -0.1) is 11.3 Å². The number of thiazole rings is 1. The lowest BCUT2D eigenvalue weighted by Crippen LogP contribution is -2.39. The Bertz CT molecular complexity index is 998. The molecule has 0 aliphatic carbocycles. The van der Waals surface area contributed by atoms with E-state index in [0.717, 1.165) is 20.1 Å². The molecule has 0 bridgehead atoms. The Morgan fingerprint density at radius 1 is 1.14 bits per heavy atom. The molecule has 0 atom stereocenters. The van der Waals surface area contributed by atoms with Crippen molar-refractivity contribution in [1.82, 2.24) is 4.98 Å². The van der Waals surface area contributed by atoms with Crippen LogP contribution in [0.25, 0.3) is 10.2 Å². The van der Waals surface area contributed by atoms with Gasteiger partial charge in [-0.3, -0.25) is 0 Å². The van der Waals surface area contributed by atoms with Gasteiger partial charge in [-0.05, 0) is 56.7 Å². The highest BCUT2D eigenvalue weighted by atomic mass is 32.1. The molecule has 0 saturated carbocycles. The van der Waals surface area contributed by atoms with Gasteiger partial charge in [-0.2, -0.15) is 4.90 Å². The minimum atomic E-state index is -0.818. The Morgan fingerprint density at radius 2 is 1.90 bits per heavy atom. The lowest BCUT2D eigenvalue weighted by Gasteiger charge is -2.22. The first-order chi connectivity index (χ1) is 13.9. The first-order valence-corrected chi connectivity index (χ1v) is 9.87. The van der Waals surface area contributed by atoms with E-state index in [1.807, 2.05) is 24.3 Å². The minimum Gasteiger partial charge on any atom is -0.486 e. The van der Waals surface area contributed by atoms with Gasteiger partial charge in [-0.1, -0.05) is 12.1 Å². The second kappa shape index (κ2) is 8.91. The first-order valence-electron chi connectivity index (χ1n) is 9.05. The molecule has 2 aromatic carbocycles. The van der Waals surface area contributed by atoms with Crippen molar-refractivity contribution in [1.29, 1.82) is 0 Å². The zero-order valence-electron chi connectivity index (χ0n) is 16.7. The van der Waals surface area contributed by atoms with Crippen LogP contribution in [0.4, 0.5) is 15.3 Å². The molecule has 0 aliphatic heterocycles. The van der Waals surface area contributed by atoms with Crippen molar-refractivity contribution in [2.45, 2.75) is 33.5 Å². The van der Waals surface area contributed by atoms with Crippen LogP contribution in [-0.4, -0.2) is 30.4 Å². The molecule has 0 spiro atoms. The third kappa shape index (κ3) is 4.83. The van der Waals surface area contributed by atoms with Gasteiger partial charge in [0.15, 0.2) is 0 Å². The Kier molecular flexibility index (Phi) is 6.33. The van der Waals surface area contributed by atoms with E-state index in [-0.39, 0.29) is 6.10 Å². The fourth-order valence-electron chi connectivity index (χ4n) is 2.71. The number of imide groups is 1. The van der Waals surface area contributed by atoms with Crippen molar-refractivity contribution in [3.05, 3.63) is 53.0 Å². The van der Waals surface area contributed by atoms with E-state index < -0.39 is 12.2 Å². The van der Waals surface area contributed by atoms with E-state index in [2.05, 4.69) is 4.98 Å². The van der Waals surface area contributed by atoms with Crippen LogP contribution in [0.2, 0.25) is 0 Å². The molecule has 0 fully saturated rings. The van der Waals surface area contributed by atoms with Crippen LogP contribution in [0.5, 0.6) is 5.75 Å². The number of methoxy groups -OCH3 is 1. The SMILES string of the molecule is COC(=O)N(C(=O)OC(C)C)c1ccc(OCc2nc3ccccc3s2)cc1C. The molecule has 29 heavy (non-hydrogen) atoms. The Labute approximate surface area is 172 Å². The average Bonchev–Trinajstić information content (AvgIpc) is 3.10. The molecule has 8 heteroatoms. The maximum atomic E-state index is 12.4. The van der Waals surface area contributed by atoms with Crippen LogP contribution >= 0.6 is 11.3 Å². The minimum absolute atomic E-state index is 0.328. The number of fused-ring (bicyclic) bond motifs is 1. The summed E-state index contributed by atoms with van der Waals surface area (Å²) in [7, 11) is 1.21.